The van der Waals surface area contributed by atoms with Crippen molar-refractivity contribution in [1.82, 2.24) is 5.32 Å². The molecule has 6 atom stereocenters. The minimum Gasteiger partial charge on any atom is -0.313 e. The summed E-state index contributed by atoms with van der Waals surface area (Å²) in [7, 11) is 0. The number of fused-ring (bicyclic) bond motifs is 2. The molecule has 3 rings (SSSR count). The van der Waals surface area contributed by atoms with Crippen LogP contribution in [0.2, 0.25) is 0 Å². The highest BCUT2D eigenvalue weighted by atomic mass is 14.9. The standard InChI is InChI=1S/C19H35N/c1-3-11-20-19(17-8-6-5-7-15(17)4-2)18-13-14-9-10-16(18)12-14/h14-20H,3-13H2,1-2H3. The lowest BCUT2D eigenvalue weighted by Gasteiger charge is -2.42. The van der Waals surface area contributed by atoms with Crippen molar-refractivity contribution in [3.8, 4) is 0 Å². The van der Waals surface area contributed by atoms with Crippen molar-refractivity contribution in [3.05, 3.63) is 0 Å². The molecule has 1 N–H and O–H groups in total. The fraction of sp³-hybridized carbons (Fsp3) is 1.00. The molecule has 0 radical (unpaired) electrons. The van der Waals surface area contributed by atoms with Gasteiger partial charge in [-0.25, -0.2) is 0 Å². The smallest absolute Gasteiger partial charge is 0.0129 e. The van der Waals surface area contributed by atoms with Crippen LogP contribution in [0.25, 0.3) is 0 Å². The molecule has 0 heterocycles. The second kappa shape index (κ2) is 6.81. The van der Waals surface area contributed by atoms with Crippen molar-refractivity contribution in [2.24, 2.45) is 29.6 Å². The number of nitrogens with one attached hydrogen (secondary N) is 1. The third-order valence-electron chi connectivity index (χ3n) is 6.84. The van der Waals surface area contributed by atoms with Crippen LogP contribution in [0.5, 0.6) is 0 Å². The van der Waals surface area contributed by atoms with Gasteiger partial charge in [0, 0.05) is 6.04 Å². The SMILES string of the molecule is CCCNC(C1CCCCC1CC)C1CC2CCC1C2. The molecule has 0 aromatic carbocycles. The first-order valence-electron chi connectivity index (χ1n) is 9.56. The average Bonchev–Trinajstić information content (AvgIpc) is 3.11. The van der Waals surface area contributed by atoms with Gasteiger partial charge in [0.05, 0.1) is 0 Å². The van der Waals surface area contributed by atoms with Crippen molar-refractivity contribution in [2.75, 3.05) is 6.54 Å². The Balaban J connectivity index is 1.71. The molecule has 0 aliphatic heterocycles. The summed E-state index contributed by atoms with van der Waals surface area (Å²) in [5, 5.41) is 4.03. The summed E-state index contributed by atoms with van der Waals surface area (Å²) in [5.41, 5.74) is 0. The number of hydrogen-bond acceptors (Lipinski definition) is 1. The summed E-state index contributed by atoms with van der Waals surface area (Å²) in [6, 6.07) is 0.857. The van der Waals surface area contributed by atoms with Crippen molar-refractivity contribution >= 4 is 0 Å². The lowest BCUT2D eigenvalue weighted by atomic mass is 9.68. The molecule has 116 valence electrons. The molecule has 0 aromatic heterocycles. The highest BCUT2D eigenvalue weighted by Gasteiger charge is 2.46. The third kappa shape index (κ3) is 2.93. The molecule has 3 fully saturated rings. The summed E-state index contributed by atoms with van der Waals surface area (Å²) in [4.78, 5) is 0. The maximum atomic E-state index is 4.03. The Morgan fingerprint density at radius 2 is 1.80 bits per heavy atom. The summed E-state index contributed by atoms with van der Waals surface area (Å²) in [6.07, 6.45) is 14.9. The summed E-state index contributed by atoms with van der Waals surface area (Å²) in [6.45, 7) is 6.00. The molecular formula is C19H35N. The molecule has 20 heavy (non-hydrogen) atoms. The van der Waals surface area contributed by atoms with Crippen molar-refractivity contribution in [1.29, 1.82) is 0 Å². The van der Waals surface area contributed by atoms with E-state index in [1.807, 2.05) is 0 Å². The highest BCUT2D eigenvalue weighted by molar-refractivity contribution is 4.99. The topological polar surface area (TPSA) is 12.0 Å². The second-order valence-electron chi connectivity index (χ2n) is 7.94. The van der Waals surface area contributed by atoms with Crippen LogP contribution in [-0.4, -0.2) is 12.6 Å². The van der Waals surface area contributed by atoms with E-state index in [2.05, 4.69) is 19.2 Å². The Hall–Kier alpha value is -0.0400. The van der Waals surface area contributed by atoms with Crippen LogP contribution in [-0.2, 0) is 0 Å². The monoisotopic (exact) mass is 277 g/mol. The van der Waals surface area contributed by atoms with Gasteiger partial charge in [-0.05, 0) is 68.2 Å². The zero-order valence-electron chi connectivity index (χ0n) is 13.7. The molecule has 3 aliphatic rings. The fourth-order valence-corrected chi connectivity index (χ4v) is 5.88. The first-order valence-corrected chi connectivity index (χ1v) is 9.56. The first kappa shape index (κ1) is 14.9. The summed E-state index contributed by atoms with van der Waals surface area (Å²) < 4.78 is 0. The normalized spacial score (nSPS) is 42.0. The van der Waals surface area contributed by atoms with E-state index in [4.69, 9.17) is 0 Å². The predicted molar refractivity (Wildman–Crippen MR) is 86.8 cm³/mol. The van der Waals surface area contributed by atoms with Crippen LogP contribution in [0.1, 0.15) is 78.1 Å². The number of hydrogen-bond donors (Lipinski definition) is 1. The summed E-state index contributed by atoms with van der Waals surface area (Å²) >= 11 is 0. The lowest BCUT2D eigenvalue weighted by Crippen LogP contribution is -2.47. The van der Waals surface area contributed by atoms with Crippen LogP contribution in [0, 0.1) is 29.6 Å². The van der Waals surface area contributed by atoms with Gasteiger partial charge in [-0.3, -0.25) is 0 Å². The molecule has 1 nitrogen and oxygen atoms in total. The van der Waals surface area contributed by atoms with E-state index in [0.29, 0.717) is 0 Å². The van der Waals surface area contributed by atoms with E-state index in [-0.39, 0.29) is 0 Å². The van der Waals surface area contributed by atoms with Crippen molar-refractivity contribution in [3.63, 3.8) is 0 Å². The molecule has 6 unspecified atom stereocenters. The van der Waals surface area contributed by atoms with Crippen LogP contribution in [0.15, 0.2) is 0 Å². The zero-order chi connectivity index (χ0) is 13.9. The van der Waals surface area contributed by atoms with Gasteiger partial charge < -0.3 is 5.32 Å². The maximum absolute atomic E-state index is 4.03. The van der Waals surface area contributed by atoms with E-state index in [9.17, 15) is 0 Å². The zero-order valence-corrected chi connectivity index (χ0v) is 13.7. The van der Waals surface area contributed by atoms with Crippen LogP contribution < -0.4 is 5.32 Å². The van der Waals surface area contributed by atoms with Crippen LogP contribution in [0.3, 0.4) is 0 Å². The summed E-state index contributed by atoms with van der Waals surface area (Å²) in [5.74, 6) is 5.20. The Morgan fingerprint density at radius 3 is 2.45 bits per heavy atom. The van der Waals surface area contributed by atoms with Gasteiger partial charge >= 0.3 is 0 Å². The molecule has 0 aromatic rings. The average molecular weight is 277 g/mol. The van der Waals surface area contributed by atoms with Crippen LogP contribution >= 0.6 is 0 Å². The molecule has 0 saturated heterocycles. The first-order chi connectivity index (χ1) is 9.83. The van der Waals surface area contributed by atoms with Crippen LogP contribution in [0.4, 0.5) is 0 Å². The molecule has 2 bridgehead atoms. The third-order valence-corrected chi connectivity index (χ3v) is 6.84. The van der Waals surface area contributed by atoms with Gasteiger partial charge in [0.2, 0.25) is 0 Å². The van der Waals surface area contributed by atoms with E-state index in [0.717, 1.165) is 35.6 Å². The molecule has 1 heteroatoms. The van der Waals surface area contributed by atoms with E-state index in [1.54, 1.807) is 25.7 Å². The molecule has 0 amide bonds. The van der Waals surface area contributed by atoms with Gasteiger partial charge in [0.25, 0.3) is 0 Å². The molecular weight excluding hydrogens is 242 g/mol. The van der Waals surface area contributed by atoms with Gasteiger partial charge in [-0.15, -0.1) is 0 Å². The molecule has 0 spiro atoms. The van der Waals surface area contributed by atoms with Gasteiger partial charge in [-0.2, -0.15) is 0 Å². The Bertz CT molecular complexity index is 300. The fourth-order valence-electron chi connectivity index (χ4n) is 5.88. The van der Waals surface area contributed by atoms with E-state index < -0.39 is 0 Å². The Morgan fingerprint density at radius 1 is 0.950 bits per heavy atom. The van der Waals surface area contributed by atoms with E-state index >= 15 is 0 Å². The maximum Gasteiger partial charge on any atom is 0.0129 e. The Labute approximate surface area is 126 Å². The van der Waals surface area contributed by atoms with Gasteiger partial charge in [0.1, 0.15) is 0 Å². The molecule has 3 saturated carbocycles. The minimum atomic E-state index is 0.857. The van der Waals surface area contributed by atoms with Gasteiger partial charge in [0.15, 0.2) is 0 Å². The largest absolute Gasteiger partial charge is 0.313 e. The van der Waals surface area contributed by atoms with E-state index in [1.165, 1.54) is 45.1 Å². The second-order valence-corrected chi connectivity index (χ2v) is 7.94. The Kier molecular flexibility index (Phi) is 5.07. The van der Waals surface area contributed by atoms with Crippen molar-refractivity contribution < 1.29 is 0 Å². The quantitative estimate of drug-likeness (QED) is 0.720. The highest BCUT2D eigenvalue weighted by Crippen LogP contribution is 2.52. The lowest BCUT2D eigenvalue weighted by molar-refractivity contribution is 0.111. The minimum absolute atomic E-state index is 0.857. The molecule has 3 aliphatic carbocycles. The van der Waals surface area contributed by atoms with Gasteiger partial charge in [-0.1, -0.05) is 46.0 Å². The number of rotatable bonds is 6. The predicted octanol–water partition coefficient (Wildman–Crippen LogP) is 5.01. The van der Waals surface area contributed by atoms with Crippen molar-refractivity contribution in [2.45, 2.75) is 84.1 Å².